The predicted molar refractivity (Wildman–Crippen MR) is 113 cm³/mol. The molecule has 1 fully saturated rings. The number of rotatable bonds is 7. The number of nitrogens with two attached hydrogens (primary N) is 1. The van der Waals surface area contributed by atoms with Gasteiger partial charge in [0.25, 0.3) is 0 Å². The van der Waals surface area contributed by atoms with Crippen molar-refractivity contribution in [3.63, 3.8) is 0 Å². The minimum absolute atomic E-state index is 0.133. The second kappa shape index (κ2) is 9.30. The Morgan fingerprint density at radius 3 is 2.77 bits per heavy atom. The molecular formula is C22H29FN4O3. The number of alkyl carbamates (subject to hydrolysis) is 1. The maximum atomic E-state index is 14.0. The number of hydrogen-bond acceptors (Lipinski definition) is 6. The molecule has 0 bridgehead atoms. The van der Waals surface area contributed by atoms with Crippen LogP contribution in [-0.4, -0.2) is 47.8 Å². The van der Waals surface area contributed by atoms with Crippen LogP contribution in [0.2, 0.25) is 0 Å². The van der Waals surface area contributed by atoms with Gasteiger partial charge in [-0.3, -0.25) is 4.98 Å². The Hall–Kier alpha value is -2.87. The maximum Gasteiger partial charge on any atom is 0.407 e. The summed E-state index contributed by atoms with van der Waals surface area (Å²) in [4.78, 5) is 18.2. The minimum Gasteiger partial charge on any atom is -0.454 e. The fraction of sp³-hybridized carbons (Fsp3) is 0.455. The number of nitrogens with one attached hydrogen (secondary N) is 1. The van der Waals surface area contributed by atoms with Crippen LogP contribution < -0.4 is 15.8 Å². The molecule has 0 aliphatic carbocycles. The van der Waals surface area contributed by atoms with Gasteiger partial charge < -0.3 is 25.4 Å². The monoisotopic (exact) mass is 416 g/mol. The van der Waals surface area contributed by atoms with Gasteiger partial charge in [-0.1, -0.05) is 0 Å². The predicted octanol–water partition coefficient (Wildman–Crippen LogP) is 3.59. The van der Waals surface area contributed by atoms with Crippen molar-refractivity contribution in [2.75, 3.05) is 31.9 Å². The van der Waals surface area contributed by atoms with Gasteiger partial charge in [-0.05, 0) is 45.4 Å². The first-order valence-corrected chi connectivity index (χ1v) is 10.0. The number of amides is 1. The third-order valence-electron chi connectivity index (χ3n) is 4.70. The van der Waals surface area contributed by atoms with Crippen LogP contribution in [0.1, 0.15) is 26.3 Å². The summed E-state index contributed by atoms with van der Waals surface area (Å²) < 4.78 is 25.0. The van der Waals surface area contributed by atoms with Crippen molar-refractivity contribution in [3.8, 4) is 11.5 Å². The summed E-state index contributed by atoms with van der Waals surface area (Å²) >= 11 is 0. The number of aromatic nitrogens is 1. The fourth-order valence-corrected chi connectivity index (χ4v) is 3.23. The van der Waals surface area contributed by atoms with E-state index in [1.165, 1.54) is 12.1 Å². The molecule has 1 aliphatic rings. The number of pyridine rings is 1. The van der Waals surface area contributed by atoms with E-state index < -0.39 is 11.4 Å². The molecule has 1 aromatic carbocycles. The highest BCUT2D eigenvalue weighted by Crippen LogP contribution is 2.28. The first-order chi connectivity index (χ1) is 14.2. The lowest BCUT2D eigenvalue weighted by Gasteiger charge is -2.39. The van der Waals surface area contributed by atoms with Crippen LogP contribution in [-0.2, 0) is 11.2 Å². The molecule has 0 unspecified atom stereocenters. The number of anilines is 1. The van der Waals surface area contributed by atoms with Gasteiger partial charge in [-0.25, -0.2) is 9.18 Å². The van der Waals surface area contributed by atoms with Crippen LogP contribution in [0.3, 0.4) is 0 Å². The van der Waals surface area contributed by atoms with E-state index in [9.17, 15) is 9.18 Å². The van der Waals surface area contributed by atoms with Gasteiger partial charge in [0.1, 0.15) is 11.4 Å². The third kappa shape index (κ3) is 6.32. The van der Waals surface area contributed by atoms with Gasteiger partial charge in [-0.2, -0.15) is 0 Å². The summed E-state index contributed by atoms with van der Waals surface area (Å²) in [5.41, 5.74) is 6.35. The molecule has 0 radical (unpaired) electrons. The average molecular weight is 416 g/mol. The molecule has 30 heavy (non-hydrogen) atoms. The smallest absolute Gasteiger partial charge is 0.407 e. The summed E-state index contributed by atoms with van der Waals surface area (Å²) in [6.45, 7) is 8.76. The van der Waals surface area contributed by atoms with Crippen LogP contribution >= 0.6 is 0 Å². The van der Waals surface area contributed by atoms with E-state index >= 15 is 0 Å². The molecule has 8 heteroatoms. The highest BCUT2D eigenvalue weighted by molar-refractivity contribution is 5.67. The summed E-state index contributed by atoms with van der Waals surface area (Å²) in [5.74, 6) is 0.623. The van der Waals surface area contributed by atoms with Gasteiger partial charge in [0.2, 0.25) is 0 Å². The quantitative estimate of drug-likeness (QED) is 0.671. The van der Waals surface area contributed by atoms with Crippen molar-refractivity contribution < 1.29 is 18.7 Å². The van der Waals surface area contributed by atoms with E-state index in [1.54, 1.807) is 24.5 Å². The normalized spacial score (nSPS) is 14.8. The van der Waals surface area contributed by atoms with E-state index in [0.29, 0.717) is 23.9 Å². The van der Waals surface area contributed by atoms with E-state index in [-0.39, 0.29) is 11.8 Å². The largest absolute Gasteiger partial charge is 0.454 e. The number of nitrogens with zero attached hydrogens (tertiary/aromatic N) is 2. The molecular weight excluding hydrogens is 387 g/mol. The Labute approximate surface area is 176 Å². The molecule has 0 spiro atoms. The SMILES string of the molecule is CC(C)(C)OC(=O)NCC1CN(CCc2cnccc2Oc2ccc(N)cc2F)C1. The lowest BCUT2D eigenvalue weighted by molar-refractivity contribution is 0.0467. The summed E-state index contributed by atoms with van der Waals surface area (Å²) in [5, 5.41) is 2.82. The Bertz CT molecular complexity index is 879. The second-order valence-electron chi connectivity index (χ2n) is 8.53. The lowest BCUT2D eigenvalue weighted by Crippen LogP contribution is -2.52. The maximum absolute atomic E-state index is 14.0. The topological polar surface area (TPSA) is 89.7 Å². The van der Waals surface area contributed by atoms with Crippen molar-refractivity contribution in [2.24, 2.45) is 5.92 Å². The standard InChI is InChI=1S/C22H29FN4O3/c1-22(2,3)30-21(28)26-11-15-13-27(14-15)9-7-16-12-25-8-6-19(16)29-20-5-4-17(24)10-18(20)23/h4-6,8,10,12,15H,7,9,11,13-14,24H2,1-3H3,(H,26,28). The average Bonchev–Trinajstić information content (AvgIpc) is 2.62. The van der Waals surface area contributed by atoms with Crippen LogP contribution in [0.25, 0.3) is 0 Å². The molecule has 3 N–H and O–H groups in total. The Morgan fingerprint density at radius 1 is 1.30 bits per heavy atom. The van der Waals surface area contributed by atoms with Crippen LogP contribution in [0.15, 0.2) is 36.7 Å². The minimum atomic E-state index is -0.499. The van der Waals surface area contributed by atoms with Gasteiger partial charge in [0.05, 0.1) is 0 Å². The molecule has 1 saturated heterocycles. The number of hydrogen-bond donors (Lipinski definition) is 2. The summed E-state index contributed by atoms with van der Waals surface area (Å²) in [7, 11) is 0. The molecule has 1 amide bonds. The number of ether oxygens (including phenoxy) is 2. The zero-order valence-electron chi connectivity index (χ0n) is 17.7. The molecule has 0 atom stereocenters. The van der Waals surface area contributed by atoms with Gasteiger partial charge in [0, 0.05) is 61.8 Å². The second-order valence-corrected chi connectivity index (χ2v) is 8.53. The first-order valence-electron chi connectivity index (χ1n) is 10.0. The Balaban J connectivity index is 1.45. The van der Waals surface area contributed by atoms with E-state index in [1.807, 2.05) is 20.8 Å². The molecule has 1 aliphatic heterocycles. The van der Waals surface area contributed by atoms with E-state index in [2.05, 4.69) is 15.2 Å². The fourth-order valence-electron chi connectivity index (χ4n) is 3.23. The van der Waals surface area contributed by atoms with Crippen molar-refractivity contribution in [3.05, 3.63) is 48.0 Å². The number of benzene rings is 1. The molecule has 2 heterocycles. The molecule has 3 rings (SSSR count). The van der Waals surface area contributed by atoms with Gasteiger partial charge in [-0.15, -0.1) is 0 Å². The van der Waals surface area contributed by atoms with Crippen molar-refractivity contribution in [2.45, 2.75) is 32.8 Å². The lowest BCUT2D eigenvalue weighted by atomic mass is 9.99. The first kappa shape index (κ1) is 21.8. The van der Waals surface area contributed by atoms with E-state index in [0.717, 1.165) is 31.6 Å². The molecule has 162 valence electrons. The molecule has 7 nitrogen and oxygen atoms in total. The van der Waals surface area contributed by atoms with Gasteiger partial charge in [0.15, 0.2) is 11.6 Å². The summed E-state index contributed by atoms with van der Waals surface area (Å²) in [6.07, 6.45) is 3.71. The molecule has 0 saturated carbocycles. The molecule has 2 aromatic rings. The van der Waals surface area contributed by atoms with Crippen molar-refractivity contribution >= 4 is 11.8 Å². The van der Waals surface area contributed by atoms with Crippen LogP contribution in [0.5, 0.6) is 11.5 Å². The Morgan fingerprint density at radius 2 is 2.07 bits per heavy atom. The zero-order valence-corrected chi connectivity index (χ0v) is 17.7. The number of carbonyl (C=O) groups is 1. The van der Waals surface area contributed by atoms with Crippen LogP contribution in [0.4, 0.5) is 14.9 Å². The molecule has 1 aromatic heterocycles. The number of carbonyl (C=O) groups excluding carboxylic acids is 1. The number of nitrogen functional groups attached to an aromatic ring is 1. The van der Waals surface area contributed by atoms with E-state index in [4.69, 9.17) is 15.2 Å². The summed E-state index contributed by atoms with van der Waals surface area (Å²) in [6, 6.07) is 6.09. The zero-order chi connectivity index (χ0) is 21.7. The van der Waals surface area contributed by atoms with Crippen molar-refractivity contribution in [1.29, 1.82) is 0 Å². The highest BCUT2D eigenvalue weighted by Gasteiger charge is 2.27. The van der Waals surface area contributed by atoms with Gasteiger partial charge >= 0.3 is 6.09 Å². The number of likely N-dealkylation sites (tertiary alicyclic amines) is 1. The van der Waals surface area contributed by atoms with Crippen molar-refractivity contribution in [1.82, 2.24) is 15.2 Å². The number of halogens is 1. The highest BCUT2D eigenvalue weighted by atomic mass is 19.1. The third-order valence-corrected chi connectivity index (χ3v) is 4.70. The Kier molecular flexibility index (Phi) is 6.77. The van der Waals surface area contributed by atoms with Crippen LogP contribution in [0, 0.1) is 11.7 Å².